The van der Waals surface area contributed by atoms with Gasteiger partial charge in [-0.05, 0) is 123 Å². The summed E-state index contributed by atoms with van der Waals surface area (Å²) < 4.78 is 29.5. The summed E-state index contributed by atoms with van der Waals surface area (Å²) in [5.41, 5.74) is 5.95. The van der Waals surface area contributed by atoms with E-state index in [9.17, 15) is 14.4 Å². The molecule has 2 aromatic carbocycles. The van der Waals surface area contributed by atoms with E-state index in [-0.39, 0.29) is 64.7 Å². The lowest BCUT2D eigenvalue weighted by Crippen LogP contribution is -2.68. The van der Waals surface area contributed by atoms with Crippen molar-refractivity contribution in [2.75, 3.05) is 67.1 Å². The minimum Gasteiger partial charge on any atom is -0.465 e. The predicted octanol–water partition coefficient (Wildman–Crippen LogP) is 6.62. The highest BCUT2D eigenvalue weighted by atomic mass is 28.2. The van der Waals surface area contributed by atoms with Crippen molar-refractivity contribution in [2.45, 2.75) is 122 Å². The highest BCUT2D eigenvalue weighted by Crippen LogP contribution is 2.42. The maximum atomic E-state index is 15.3. The number of benzene rings is 2. The van der Waals surface area contributed by atoms with Gasteiger partial charge in [0.2, 0.25) is 11.8 Å². The van der Waals surface area contributed by atoms with E-state index < -0.39 is 40.6 Å². The van der Waals surface area contributed by atoms with E-state index in [1.807, 2.05) is 49.9 Å². The zero-order chi connectivity index (χ0) is 54.9. The third-order valence-electron chi connectivity index (χ3n) is 16.1. The van der Waals surface area contributed by atoms with Crippen LogP contribution in [0, 0.1) is 11.3 Å². The molecule has 6 bridgehead atoms. The number of piperazine rings is 1. The number of rotatable bonds is 10. The fourth-order valence-corrected chi connectivity index (χ4v) is 13.4. The molecule has 19 heteroatoms. The zero-order valence-corrected chi connectivity index (χ0v) is 47.8. The van der Waals surface area contributed by atoms with Crippen LogP contribution in [0.25, 0.3) is 33.3 Å². The van der Waals surface area contributed by atoms with Gasteiger partial charge in [0.1, 0.15) is 17.9 Å². The summed E-state index contributed by atoms with van der Waals surface area (Å²) in [6.45, 7) is 18.7. The molecule has 8 rings (SSSR count). The van der Waals surface area contributed by atoms with E-state index in [1.54, 1.807) is 31.3 Å². The van der Waals surface area contributed by atoms with Crippen molar-refractivity contribution in [3.8, 4) is 22.4 Å². The zero-order valence-electron chi connectivity index (χ0n) is 45.8. The Balaban J connectivity index is 1.17. The quantitative estimate of drug-likeness (QED) is 0.100. The largest absolute Gasteiger partial charge is 0.465 e. The summed E-state index contributed by atoms with van der Waals surface area (Å²) in [4.78, 5) is 83.6. The molecule has 2 aromatic heterocycles. The Morgan fingerprint density at radius 1 is 1.04 bits per heavy atom. The van der Waals surface area contributed by atoms with Crippen molar-refractivity contribution in [1.29, 1.82) is 0 Å². The molecule has 3 saturated heterocycles. The summed E-state index contributed by atoms with van der Waals surface area (Å²) in [6.07, 6.45) is 5.49. The van der Waals surface area contributed by atoms with E-state index in [4.69, 9.17) is 14.5 Å². The van der Waals surface area contributed by atoms with E-state index >= 15 is 14.0 Å². The first-order valence-electron chi connectivity index (χ1n) is 26.7. The number of aromatic nitrogens is 2. The Labute approximate surface area is 453 Å². The molecule has 1 unspecified atom stereocenters. The van der Waals surface area contributed by atoms with Crippen molar-refractivity contribution in [1.82, 2.24) is 44.6 Å². The van der Waals surface area contributed by atoms with Gasteiger partial charge in [-0.15, -0.1) is 0 Å². The van der Waals surface area contributed by atoms with Gasteiger partial charge in [0.25, 0.3) is 5.91 Å². The molecule has 0 aliphatic carbocycles. The van der Waals surface area contributed by atoms with Gasteiger partial charge in [-0.1, -0.05) is 52.5 Å². The lowest BCUT2D eigenvalue weighted by atomic mass is 9.83. The summed E-state index contributed by atoms with van der Waals surface area (Å²) in [5.74, 6) is -1.91. The number of likely N-dealkylation sites (tertiary alicyclic amines) is 1. The first-order chi connectivity index (χ1) is 36.2. The lowest BCUT2D eigenvalue weighted by Gasteiger charge is -2.53. The summed E-state index contributed by atoms with van der Waals surface area (Å²) >= 11 is 0. The second kappa shape index (κ2) is 23.1. The standard InChI is InChI=1S/C57H75FN9O7Si2/c1-11-47(68)65-26-25-62(8)56(34-65)19-23-64(24-20-56)54(72)63(9)49(36(3)4)51(69)60-57(75)31-38-27-39(33-58)29-41(28-38)40-17-18-45-43(30-40)44(50(66(45)12-2)42-15-13-21-59-48(42)37(5)73-10)32-55(6,7)35-74-52(70)46-16-14-22-67(53(57)71)61-76-46/h11,13,15,17-18,21,27-30,36-37,46,49,61H,1,12,14,16,19-20,22-26,31-35H2,2-10H3,(H,60,69)/t37-,46-,49-,57?/m0/s1. The van der Waals surface area contributed by atoms with Crippen LogP contribution in [0.4, 0.5) is 9.18 Å². The Hall–Kier alpha value is -5.74. The molecule has 4 aliphatic rings. The third-order valence-corrected chi connectivity index (χ3v) is 17.9. The fourth-order valence-electron chi connectivity index (χ4n) is 11.8. The van der Waals surface area contributed by atoms with Crippen LogP contribution >= 0.6 is 0 Å². The molecule has 0 saturated carbocycles. The highest BCUT2D eigenvalue weighted by molar-refractivity contribution is 6.41. The summed E-state index contributed by atoms with van der Waals surface area (Å²) in [6, 6.07) is 14.4. The fraction of sp³-hybridized carbons (Fsp3) is 0.544. The SMILES string of the molecule is C=CC(=O)N1CCN(C)C2(CCN(C(=O)N(C)[C@H](C(=O)NC3([Si])Cc4cc(CF)cc(c4)-c4ccc5c(c4)c(c(-c4cccnc4[C@H](C)OC)n5CC)CC(C)(C)COC(=O)[C@@H]4CCCN(N[Si]4)C3=O)C(C)C)CC2)C1. The molecule has 3 fully saturated rings. The molecule has 16 nitrogen and oxygen atoms in total. The van der Waals surface area contributed by atoms with Crippen molar-refractivity contribution in [2.24, 2.45) is 11.3 Å². The van der Waals surface area contributed by atoms with Gasteiger partial charge < -0.3 is 34.1 Å². The van der Waals surface area contributed by atoms with Crippen LogP contribution < -0.4 is 10.4 Å². The number of methoxy groups -OCH3 is 1. The number of piperidine rings is 1. The minimum absolute atomic E-state index is 0.100. The summed E-state index contributed by atoms with van der Waals surface area (Å²) in [5, 5.41) is 6.96. The van der Waals surface area contributed by atoms with Crippen molar-refractivity contribution in [3.05, 3.63) is 89.8 Å². The van der Waals surface area contributed by atoms with Crippen LogP contribution in [0.5, 0.6) is 0 Å². The van der Waals surface area contributed by atoms with Crippen LogP contribution in [-0.2, 0) is 54.7 Å². The number of hydrogen-bond acceptors (Lipinski definition) is 10. The first-order valence-corrected chi connectivity index (χ1v) is 28.3. The van der Waals surface area contributed by atoms with Crippen molar-refractivity contribution >= 4 is 60.5 Å². The van der Waals surface area contributed by atoms with Gasteiger partial charge in [-0.2, -0.15) is 0 Å². The van der Waals surface area contributed by atoms with E-state index in [2.05, 4.69) is 82.7 Å². The van der Waals surface area contributed by atoms with Gasteiger partial charge >= 0.3 is 12.0 Å². The number of urea groups is 1. The number of nitrogens with one attached hydrogen (secondary N) is 2. The van der Waals surface area contributed by atoms with Crippen LogP contribution in [0.3, 0.4) is 0 Å². The molecule has 4 atom stereocenters. The van der Waals surface area contributed by atoms with Gasteiger partial charge in [0.05, 0.1) is 39.9 Å². The number of alkyl halides is 1. The number of carbonyl (C=O) groups is 5. The number of pyridine rings is 1. The van der Waals surface area contributed by atoms with Gasteiger partial charge in [0, 0.05) is 100 Å². The summed E-state index contributed by atoms with van der Waals surface area (Å²) in [7, 11) is 9.02. The molecule has 76 heavy (non-hydrogen) atoms. The second-order valence-corrected chi connectivity index (χ2v) is 24.5. The number of hydrogen-bond donors (Lipinski definition) is 2. The average molecular weight is 1070 g/mol. The van der Waals surface area contributed by atoms with Crippen molar-refractivity contribution < 1.29 is 37.8 Å². The van der Waals surface area contributed by atoms with Crippen LogP contribution in [0.1, 0.15) is 95.7 Å². The Morgan fingerprint density at radius 2 is 1.79 bits per heavy atom. The van der Waals surface area contributed by atoms with E-state index in [0.717, 1.165) is 44.5 Å². The number of amides is 5. The molecule has 4 aliphatic heterocycles. The minimum atomic E-state index is -1.81. The van der Waals surface area contributed by atoms with Crippen LogP contribution in [0.2, 0.25) is 5.54 Å². The number of hydrazine groups is 1. The predicted molar refractivity (Wildman–Crippen MR) is 294 cm³/mol. The smallest absolute Gasteiger partial charge is 0.320 e. The normalized spacial score (nSPS) is 22.2. The monoisotopic (exact) mass is 1070 g/mol. The van der Waals surface area contributed by atoms with E-state index in [1.165, 1.54) is 16.0 Å². The maximum absolute atomic E-state index is 15.3. The Kier molecular flexibility index (Phi) is 17.1. The molecule has 5 radical (unpaired) electrons. The second-order valence-electron chi connectivity index (χ2n) is 22.4. The van der Waals surface area contributed by atoms with Gasteiger partial charge in [0.15, 0.2) is 9.68 Å². The molecule has 4 aromatic rings. The average Bonchev–Trinajstić information content (AvgIpc) is 3.53. The third kappa shape index (κ3) is 11.4. The van der Waals surface area contributed by atoms with Crippen LogP contribution in [-0.4, -0.2) is 168 Å². The molecular weight excluding hydrogens is 998 g/mol. The number of cyclic esters (lactones) is 1. The number of nitrogens with zero attached hydrogens (tertiary/aromatic N) is 7. The number of carbonyl (C=O) groups excluding carboxylic acids is 5. The maximum Gasteiger partial charge on any atom is 0.320 e. The first kappa shape index (κ1) is 56.5. The molecule has 1 spiro atoms. The van der Waals surface area contributed by atoms with Gasteiger partial charge in [-0.3, -0.25) is 39.2 Å². The topological polar surface area (TPSA) is 162 Å². The van der Waals surface area contributed by atoms with Gasteiger partial charge in [-0.25, -0.2) is 9.18 Å². The van der Waals surface area contributed by atoms with Crippen molar-refractivity contribution in [3.63, 3.8) is 0 Å². The number of likely N-dealkylation sites (N-methyl/N-ethyl adjacent to an activating group) is 2. The molecular formula is C57H75FN9O7Si2. The highest BCUT2D eigenvalue weighted by Gasteiger charge is 2.47. The van der Waals surface area contributed by atoms with Crippen LogP contribution in [0.15, 0.2) is 67.4 Å². The lowest BCUT2D eigenvalue weighted by molar-refractivity contribution is -0.146. The number of halogens is 1. The number of ether oxygens (including phenoxy) is 2. The molecule has 405 valence electrons. The molecule has 5 amide bonds. The van der Waals surface area contributed by atoms with E-state index in [0.29, 0.717) is 82.5 Å². The Bertz CT molecular complexity index is 2850. The number of esters is 1. The number of fused-ring (bicyclic) bond motifs is 7. The number of aryl methyl sites for hydroxylation is 1. The molecule has 2 N–H and O–H groups in total. The Morgan fingerprint density at radius 3 is 2.47 bits per heavy atom. The molecule has 6 heterocycles.